The zero-order valence-electron chi connectivity index (χ0n) is 14.5. The number of nitrogens with one attached hydrogen (secondary N) is 2. The topological polar surface area (TPSA) is 72.8 Å². The summed E-state index contributed by atoms with van der Waals surface area (Å²) in [7, 11) is 0. The second kappa shape index (κ2) is 9.23. The third-order valence-corrected chi connectivity index (χ3v) is 5.07. The maximum absolute atomic E-state index is 9.43. The third-order valence-electron chi connectivity index (χ3n) is 4.78. The fourth-order valence-corrected chi connectivity index (χ4v) is 3.22. The lowest BCUT2D eigenvalue weighted by Crippen LogP contribution is -2.45. The summed E-state index contributed by atoms with van der Waals surface area (Å²) >= 11 is 6.25. The second-order valence-electron chi connectivity index (χ2n) is 6.74. The van der Waals surface area contributed by atoms with E-state index in [1.807, 2.05) is 12.1 Å². The molecule has 8 heteroatoms. The van der Waals surface area contributed by atoms with Gasteiger partial charge in [-0.05, 0) is 38.3 Å². The summed E-state index contributed by atoms with van der Waals surface area (Å²) in [6.45, 7) is 5.57. The monoisotopic (exact) mass is 479 g/mol. The van der Waals surface area contributed by atoms with Crippen molar-refractivity contribution in [1.29, 1.82) is 0 Å². The largest absolute Gasteiger partial charge is 0.396 e. The lowest BCUT2D eigenvalue weighted by Gasteiger charge is -2.20. The highest BCUT2D eigenvalue weighted by Crippen LogP contribution is 2.45. The molecule has 25 heavy (non-hydrogen) atoms. The van der Waals surface area contributed by atoms with Gasteiger partial charge < -0.3 is 20.6 Å². The van der Waals surface area contributed by atoms with Gasteiger partial charge in [0.15, 0.2) is 5.96 Å². The molecule has 6 nitrogen and oxygen atoms in total. The van der Waals surface area contributed by atoms with E-state index in [9.17, 15) is 5.11 Å². The van der Waals surface area contributed by atoms with Crippen LogP contribution < -0.4 is 15.5 Å². The van der Waals surface area contributed by atoms with E-state index in [1.54, 1.807) is 6.20 Å². The van der Waals surface area contributed by atoms with Crippen LogP contribution in [0, 0.1) is 5.41 Å². The van der Waals surface area contributed by atoms with Gasteiger partial charge in [-0.25, -0.2) is 4.98 Å². The summed E-state index contributed by atoms with van der Waals surface area (Å²) in [5.74, 6) is 1.68. The Morgan fingerprint density at radius 1 is 1.52 bits per heavy atom. The van der Waals surface area contributed by atoms with Gasteiger partial charge in [-0.3, -0.25) is 4.99 Å². The minimum Gasteiger partial charge on any atom is -0.396 e. The number of aliphatic hydroxyl groups excluding tert-OH is 1. The first-order chi connectivity index (χ1) is 11.7. The number of aromatic nitrogens is 1. The van der Waals surface area contributed by atoms with Crippen molar-refractivity contribution in [2.45, 2.75) is 32.2 Å². The molecule has 2 heterocycles. The Bertz CT molecular complexity index is 596. The molecule has 1 aromatic rings. The van der Waals surface area contributed by atoms with Gasteiger partial charge in [-0.1, -0.05) is 11.6 Å². The van der Waals surface area contributed by atoms with E-state index in [0.29, 0.717) is 17.6 Å². The smallest absolute Gasteiger partial charge is 0.191 e. The molecule has 0 radical (unpaired) electrons. The fraction of sp³-hybridized carbons (Fsp3) is 0.647. The molecule has 2 fully saturated rings. The number of aliphatic hydroxyl groups is 1. The van der Waals surface area contributed by atoms with Crippen LogP contribution in [0.15, 0.2) is 23.3 Å². The summed E-state index contributed by atoms with van der Waals surface area (Å²) in [5.41, 5.74) is 0.0333. The van der Waals surface area contributed by atoms with Gasteiger partial charge in [-0.15, -0.1) is 24.0 Å². The van der Waals surface area contributed by atoms with Crippen LogP contribution in [0.5, 0.6) is 0 Å². The Balaban J connectivity index is 0.00000225. The van der Waals surface area contributed by atoms with Crippen LogP contribution in [-0.2, 0) is 0 Å². The molecule has 1 saturated heterocycles. The molecule has 1 aliphatic carbocycles. The molecule has 1 atom stereocenters. The molecular weight excluding hydrogens is 453 g/mol. The first kappa shape index (κ1) is 20.5. The Hall–Kier alpha value is -0.800. The molecule has 1 aliphatic heterocycles. The van der Waals surface area contributed by atoms with E-state index < -0.39 is 0 Å². The number of anilines is 1. The Labute approximate surface area is 171 Å². The number of halogens is 2. The predicted octanol–water partition coefficient (Wildman–Crippen LogP) is 2.26. The molecule has 2 aliphatic rings. The number of guanidine groups is 1. The average Bonchev–Trinajstić information content (AvgIpc) is 3.24. The maximum atomic E-state index is 9.43. The minimum absolute atomic E-state index is 0. The molecule has 140 valence electrons. The highest BCUT2D eigenvalue weighted by Gasteiger charge is 2.41. The van der Waals surface area contributed by atoms with Crippen LogP contribution in [-0.4, -0.2) is 54.9 Å². The van der Waals surface area contributed by atoms with Crippen LogP contribution in [0.2, 0.25) is 5.02 Å². The van der Waals surface area contributed by atoms with Gasteiger partial charge in [0.25, 0.3) is 0 Å². The summed E-state index contributed by atoms with van der Waals surface area (Å²) in [6, 6.07) is 4.04. The Morgan fingerprint density at radius 3 is 2.96 bits per heavy atom. The molecule has 1 aromatic heterocycles. The standard InChI is InChI=1S/C17H26ClN5O.HI/c1-2-19-16(21-11-17(12-24)6-7-17)22-13-5-9-23(10-13)15-14(18)4-3-8-20-15;/h3-4,8,13,24H,2,5-7,9-12H2,1H3,(H2,19,21,22);1H. The highest BCUT2D eigenvalue weighted by molar-refractivity contribution is 14.0. The number of hydrogen-bond acceptors (Lipinski definition) is 4. The lowest BCUT2D eigenvalue weighted by atomic mass is 10.1. The molecule has 3 rings (SSSR count). The summed E-state index contributed by atoms with van der Waals surface area (Å²) in [6.07, 6.45) is 4.93. The van der Waals surface area contributed by atoms with Crippen LogP contribution in [0.3, 0.4) is 0 Å². The van der Waals surface area contributed by atoms with Crippen molar-refractivity contribution >= 4 is 47.4 Å². The van der Waals surface area contributed by atoms with Crippen molar-refractivity contribution in [3.8, 4) is 0 Å². The van der Waals surface area contributed by atoms with Crippen LogP contribution in [0.25, 0.3) is 0 Å². The van der Waals surface area contributed by atoms with Gasteiger partial charge in [0, 0.05) is 37.3 Å². The molecular formula is C17H27ClIN5O. The summed E-state index contributed by atoms with van der Waals surface area (Å²) < 4.78 is 0. The fourth-order valence-electron chi connectivity index (χ4n) is 2.98. The number of pyridine rings is 1. The van der Waals surface area contributed by atoms with Gasteiger partial charge in [0.05, 0.1) is 18.2 Å². The predicted molar refractivity (Wildman–Crippen MR) is 113 cm³/mol. The van der Waals surface area contributed by atoms with Crippen molar-refractivity contribution in [2.75, 3.05) is 37.7 Å². The number of rotatable bonds is 6. The van der Waals surface area contributed by atoms with E-state index in [4.69, 9.17) is 11.6 Å². The van der Waals surface area contributed by atoms with Gasteiger partial charge in [0.2, 0.25) is 0 Å². The van der Waals surface area contributed by atoms with Crippen molar-refractivity contribution in [2.24, 2.45) is 10.4 Å². The summed E-state index contributed by atoms with van der Waals surface area (Å²) in [4.78, 5) is 11.3. The number of nitrogens with zero attached hydrogens (tertiary/aromatic N) is 3. The molecule has 3 N–H and O–H groups in total. The van der Waals surface area contributed by atoms with Crippen molar-refractivity contribution < 1.29 is 5.11 Å². The van der Waals surface area contributed by atoms with Crippen LogP contribution in [0.1, 0.15) is 26.2 Å². The normalized spacial score (nSPS) is 21.6. The zero-order chi connectivity index (χ0) is 17.0. The zero-order valence-corrected chi connectivity index (χ0v) is 17.6. The van der Waals surface area contributed by atoms with Crippen LogP contribution in [0.4, 0.5) is 5.82 Å². The van der Waals surface area contributed by atoms with Crippen LogP contribution >= 0.6 is 35.6 Å². The second-order valence-corrected chi connectivity index (χ2v) is 7.15. The quantitative estimate of drug-likeness (QED) is 0.332. The molecule has 1 unspecified atom stereocenters. The van der Waals surface area contributed by atoms with E-state index in [1.165, 1.54) is 0 Å². The van der Waals surface area contributed by atoms with Gasteiger partial charge in [0.1, 0.15) is 5.82 Å². The first-order valence-electron chi connectivity index (χ1n) is 8.67. The van der Waals surface area contributed by atoms with Gasteiger partial charge in [-0.2, -0.15) is 0 Å². The molecule has 0 amide bonds. The van der Waals surface area contributed by atoms with E-state index in [-0.39, 0.29) is 36.0 Å². The van der Waals surface area contributed by atoms with E-state index in [0.717, 1.165) is 50.7 Å². The Morgan fingerprint density at radius 2 is 2.32 bits per heavy atom. The number of aliphatic imine (C=N–C) groups is 1. The van der Waals surface area contributed by atoms with E-state index in [2.05, 4.69) is 32.4 Å². The molecule has 0 spiro atoms. The van der Waals surface area contributed by atoms with Crippen molar-refractivity contribution in [1.82, 2.24) is 15.6 Å². The maximum Gasteiger partial charge on any atom is 0.191 e. The van der Waals surface area contributed by atoms with Gasteiger partial charge >= 0.3 is 0 Å². The third kappa shape index (κ3) is 5.34. The highest BCUT2D eigenvalue weighted by atomic mass is 127. The molecule has 0 aromatic carbocycles. The van der Waals surface area contributed by atoms with Crippen molar-refractivity contribution in [3.05, 3.63) is 23.4 Å². The average molecular weight is 480 g/mol. The first-order valence-corrected chi connectivity index (χ1v) is 9.05. The van der Waals surface area contributed by atoms with Crippen molar-refractivity contribution in [3.63, 3.8) is 0 Å². The van der Waals surface area contributed by atoms with E-state index >= 15 is 0 Å². The molecule has 1 saturated carbocycles. The minimum atomic E-state index is 0. The SMILES string of the molecule is CCNC(=NCC1(CO)CC1)NC1CCN(c2ncccc2Cl)C1.I. The Kier molecular flexibility index (Phi) is 7.57. The lowest BCUT2D eigenvalue weighted by molar-refractivity contribution is 0.217. The summed E-state index contributed by atoms with van der Waals surface area (Å²) in [5, 5.41) is 16.9. The molecule has 0 bridgehead atoms. The number of hydrogen-bond donors (Lipinski definition) is 3.